The molecule has 1 saturated heterocycles. The molecule has 10 heteroatoms. The van der Waals surface area contributed by atoms with Gasteiger partial charge in [0.05, 0.1) is 24.9 Å². The summed E-state index contributed by atoms with van der Waals surface area (Å²) in [5, 5.41) is 0. The topological polar surface area (TPSA) is 105 Å². The van der Waals surface area contributed by atoms with E-state index in [0.717, 1.165) is 35.3 Å². The van der Waals surface area contributed by atoms with Gasteiger partial charge in [-0.25, -0.2) is 9.97 Å². The molecule has 3 aromatic heterocycles. The van der Waals surface area contributed by atoms with E-state index in [1.165, 1.54) is 4.31 Å². The number of rotatable bonds is 4. The number of aromatic amines is 1. The normalized spacial score (nSPS) is 27.1. The molecular formula is C18H24N6O3S. The number of H-pyrrole nitrogens is 1. The van der Waals surface area contributed by atoms with Crippen molar-refractivity contribution in [2.45, 2.75) is 31.7 Å². The minimum Gasteiger partial charge on any atom is -0.379 e. The van der Waals surface area contributed by atoms with Crippen LogP contribution in [0.3, 0.4) is 0 Å². The van der Waals surface area contributed by atoms with Crippen molar-refractivity contribution in [1.82, 2.24) is 28.4 Å². The molecule has 3 aromatic rings. The molecule has 4 heterocycles. The van der Waals surface area contributed by atoms with Gasteiger partial charge in [0, 0.05) is 43.1 Å². The lowest BCUT2D eigenvalue weighted by molar-refractivity contribution is 0.0723. The molecule has 150 valence electrons. The summed E-state index contributed by atoms with van der Waals surface area (Å²) in [4.78, 5) is 12.1. The molecule has 0 spiro atoms. The van der Waals surface area contributed by atoms with Crippen LogP contribution >= 0.6 is 0 Å². The van der Waals surface area contributed by atoms with E-state index in [1.54, 1.807) is 6.20 Å². The van der Waals surface area contributed by atoms with Crippen molar-refractivity contribution in [3.05, 3.63) is 30.4 Å². The Bertz CT molecular complexity index is 1100. The fourth-order valence-corrected chi connectivity index (χ4v) is 5.97. The summed E-state index contributed by atoms with van der Waals surface area (Å²) in [5.74, 6) is 0.576. The fraction of sp³-hybridized carbons (Fsp3) is 0.556. The van der Waals surface area contributed by atoms with Crippen LogP contribution in [-0.4, -0.2) is 64.4 Å². The number of ether oxygens (including phenoxy) is 1. The van der Waals surface area contributed by atoms with E-state index in [1.807, 2.05) is 18.5 Å². The van der Waals surface area contributed by atoms with Gasteiger partial charge in [-0.3, -0.25) is 4.40 Å². The average Bonchev–Trinajstić information content (AvgIpc) is 3.39. The van der Waals surface area contributed by atoms with E-state index in [-0.39, 0.29) is 12.0 Å². The maximum Gasteiger partial charge on any atom is 0.279 e. The summed E-state index contributed by atoms with van der Waals surface area (Å²) in [6.07, 6.45) is 7.11. The summed E-state index contributed by atoms with van der Waals surface area (Å²) in [6.45, 7) is 3.91. The quantitative estimate of drug-likeness (QED) is 0.681. The highest BCUT2D eigenvalue weighted by Gasteiger charge is 2.37. The molecule has 1 aliphatic carbocycles. The summed E-state index contributed by atoms with van der Waals surface area (Å²) in [6, 6.07) is 1.92. The van der Waals surface area contributed by atoms with Crippen LogP contribution in [-0.2, 0) is 14.9 Å². The molecule has 0 amide bonds. The Balaban J connectivity index is 1.41. The number of fused-ring (bicyclic) bond motifs is 3. The van der Waals surface area contributed by atoms with Crippen LogP contribution in [0.15, 0.2) is 24.7 Å². The third-order valence-corrected chi connectivity index (χ3v) is 7.63. The van der Waals surface area contributed by atoms with E-state index >= 15 is 0 Å². The molecule has 2 aliphatic rings. The smallest absolute Gasteiger partial charge is 0.279 e. The van der Waals surface area contributed by atoms with E-state index < -0.39 is 10.2 Å². The van der Waals surface area contributed by atoms with Gasteiger partial charge in [-0.1, -0.05) is 6.92 Å². The number of nitrogens with one attached hydrogen (secondary N) is 2. The predicted octanol–water partition coefficient (Wildman–Crippen LogP) is 1.26. The number of hydrogen-bond donors (Lipinski definition) is 2. The number of imidazole rings is 1. The number of hydrogen-bond acceptors (Lipinski definition) is 5. The molecule has 0 radical (unpaired) electrons. The first-order chi connectivity index (χ1) is 13.5. The average molecular weight is 404 g/mol. The van der Waals surface area contributed by atoms with Gasteiger partial charge in [0.2, 0.25) is 0 Å². The van der Waals surface area contributed by atoms with Gasteiger partial charge in [0.1, 0.15) is 0 Å². The molecule has 1 saturated carbocycles. The Morgan fingerprint density at radius 3 is 2.86 bits per heavy atom. The Hall–Kier alpha value is -2.01. The Morgan fingerprint density at radius 2 is 2.04 bits per heavy atom. The first-order valence-electron chi connectivity index (χ1n) is 9.67. The molecule has 0 bridgehead atoms. The molecular weight excluding hydrogens is 380 g/mol. The summed E-state index contributed by atoms with van der Waals surface area (Å²) in [7, 11) is -3.48. The van der Waals surface area contributed by atoms with Crippen LogP contribution in [0.4, 0.5) is 0 Å². The maximum atomic E-state index is 12.7. The highest BCUT2D eigenvalue weighted by molar-refractivity contribution is 7.87. The molecule has 28 heavy (non-hydrogen) atoms. The number of aromatic nitrogens is 4. The zero-order valence-electron chi connectivity index (χ0n) is 15.7. The second kappa shape index (κ2) is 6.80. The van der Waals surface area contributed by atoms with Crippen molar-refractivity contribution >= 4 is 27.0 Å². The van der Waals surface area contributed by atoms with Crippen molar-refractivity contribution in [3.63, 3.8) is 0 Å². The number of nitrogens with zero attached hydrogens (tertiary/aromatic N) is 4. The zero-order chi connectivity index (χ0) is 19.3. The minimum atomic E-state index is -3.48. The molecule has 2 N–H and O–H groups in total. The first-order valence-corrected chi connectivity index (χ1v) is 11.1. The van der Waals surface area contributed by atoms with Crippen molar-refractivity contribution < 1.29 is 13.2 Å². The third-order valence-electron chi connectivity index (χ3n) is 5.96. The van der Waals surface area contributed by atoms with Gasteiger partial charge in [0.15, 0.2) is 11.3 Å². The van der Waals surface area contributed by atoms with Crippen molar-refractivity contribution in [1.29, 1.82) is 0 Å². The van der Waals surface area contributed by atoms with Gasteiger partial charge < -0.3 is 9.72 Å². The lowest BCUT2D eigenvalue weighted by Gasteiger charge is -2.27. The van der Waals surface area contributed by atoms with Crippen molar-refractivity contribution in [2.75, 3.05) is 26.3 Å². The third kappa shape index (κ3) is 3.00. The van der Waals surface area contributed by atoms with Gasteiger partial charge >= 0.3 is 0 Å². The molecule has 0 aromatic carbocycles. The second-order valence-electron chi connectivity index (χ2n) is 7.73. The molecule has 1 aliphatic heterocycles. The number of morpholine rings is 1. The lowest BCUT2D eigenvalue weighted by Crippen LogP contribution is -2.49. The Labute approximate surface area is 163 Å². The SMILES string of the molecule is CC1CC(NS(=O)(=O)N2CCOCC2)CC1c1cnc2cnc3[nH]ccc3n12. The first kappa shape index (κ1) is 18.0. The van der Waals surface area contributed by atoms with Gasteiger partial charge in [-0.05, 0) is 24.8 Å². The zero-order valence-corrected chi connectivity index (χ0v) is 16.5. The fourth-order valence-electron chi connectivity index (χ4n) is 4.58. The van der Waals surface area contributed by atoms with Crippen LogP contribution < -0.4 is 4.72 Å². The molecule has 5 rings (SSSR count). The second-order valence-corrected chi connectivity index (χ2v) is 9.44. The van der Waals surface area contributed by atoms with Gasteiger partial charge in [-0.15, -0.1) is 0 Å². The van der Waals surface area contributed by atoms with Crippen LogP contribution in [0.1, 0.15) is 31.4 Å². The maximum absolute atomic E-state index is 12.7. The van der Waals surface area contributed by atoms with Crippen molar-refractivity contribution in [2.24, 2.45) is 5.92 Å². The van der Waals surface area contributed by atoms with Gasteiger partial charge in [-0.2, -0.15) is 17.4 Å². The van der Waals surface area contributed by atoms with E-state index in [2.05, 4.69) is 31.0 Å². The Morgan fingerprint density at radius 1 is 1.21 bits per heavy atom. The van der Waals surface area contributed by atoms with Crippen LogP contribution in [0.5, 0.6) is 0 Å². The van der Waals surface area contributed by atoms with E-state index in [0.29, 0.717) is 32.2 Å². The Kier molecular flexibility index (Phi) is 4.38. The lowest BCUT2D eigenvalue weighted by atomic mass is 9.95. The predicted molar refractivity (Wildman–Crippen MR) is 104 cm³/mol. The minimum absolute atomic E-state index is 0.0815. The molecule has 2 fully saturated rings. The van der Waals surface area contributed by atoms with Crippen molar-refractivity contribution in [3.8, 4) is 0 Å². The monoisotopic (exact) mass is 404 g/mol. The molecule has 3 unspecified atom stereocenters. The van der Waals surface area contributed by atoms with Crippen LogP contribution in [0.2, 0.25) is 0 Å². The van der Waals surface area contributed by atoms with Gasteiger partial charge in [0.25, 0.3) is 10.2 Å². The summed E-state index contributed by atoms with van der Waals surface area (Å²) >= 11 is 0. The highest BCUT2D eigenvalue weighted by atomic mass is 32.2. The van der Waals surface area contributed by atoms with E-state index in [4.69, 9.17) is 4.74 Å². The standard InChI is InChI=1S/C18H24N6O3S/c1-12-8-13(22-28(25,26)23-4-6-27-7-5-23)9-14(12)16-10-20-17-11-21-18-15(24(16)17)2-3-19-18/h2-3,10-14,19,22H,4-9H2,1H3. The summed E-state index contributed by atoms with van der Waals surface area (Å²) < 4.78 is 37.3. The summed E-state index contributed by atoms with van der Waals surface area (Å²) in [5.41, 5.74) is 3.74. The molecule has 9 nitrogen and oxygen atoms in total. The van der Waals surface area contributed by atoms with Crippen LogP contribution in [0.25, 0.3) is 16.8 Å². The largest absolute Gasteiger partial charge is 0.379 e. The van der Waals surface area contributed by atoms with Crippen LogP contribution in [0, 0.1) is 5.92 Å². The molecule has 3 atom stereocenters. The highest BCUT2D eigenvalue weighted by Crippen LogP contribution is 2.40. The van der Waals surface area contributed by atoms with E-state index in [9.17, 15) is 8.42 Å².